The Morgan fingerprint density at radius 2 is 2.25 bits per heavy atom. The average Bonchev–Trinajstić information content (AvgIpc) is 2.86. The van der Waals surface area contributed by atoms with E-state index < -0.39 is 15.5 Å². The quantitative estimate of drug-likeness (QED) is 0.858. The number of nitrogens with zero attached hydrogens (tertiary/aromatic N) is 2. The van der Waals surface area contributed by atoms with Crippen LogP contribution in [-0.2, 0) is 10.0 Å². The van der Waals surface area contributed by atoms with Crippen LogP contribution in [-0.4, -0.2) is 55.3 Å². The maximum atomic E-state index is 12.4. The Labute approximate surface area is 119 Å². The summed E-state index contributed by atoms with van der Waals surface area (Å²) in [6, 6.07) is 1.47. The molecule has 2 rings (SSSR count). The lowest BCUT2D eigenvalue weighted by Crippen LogP contribution is -2.42. The topological polar surface area (TPSA) is 73.5 Å². The highest BCUT2D eigenvalue weighted by Gasteiger charge is 2.30. The third-order valence-electron chi connectivity index (χ3n) is 3.85. The Morgan fingerprint density at radius 3 is 2.90 bits per heavy atom. The van der Waals surface area contributed by atoms with Gasteiger partial charge in [0.1, 0.15) is 4.90 Å². The Balaban J connectivity index is 2.18. The van der Waals surface area contributed by atoms with Crippen molar-refractivity contribution < 1.29 is 8.42 Å². The maximum Gasteiger partial charge on any atom is 0.248 e. The minimum absolute atomic E-state index is 0.191. The molecule has 1 fully saturated rings. The molecule has 0 amide bonds. The normalized spacial score (nSPS) is 20.6. The molecule has 1 aliphatic heterocycles. The lowest BCUT2D eigenvalue weighted by molar-refractivity contribution is 0.237. The molecule has 0 aromatic carbocycles. The number of H-pyrrole nitrogens is 1. The summed E-state index contributed by atoms with van der Waals surface area (Å²) in [7, 11) is -2.19. The first-order chi connectivity index (χ1) is 9.46. The van der Waals surface area contributed by atoms with E-state index in [0.717, 1.165) is 25.9 Å². The van der Waals surface area contributed by atoms with Gasteiger partial charge >= 0.3 is 0 Å². The van der Waals surface area contributed by atoms with Crippen molar-refractivity contribution in [2.75, 3.05) is 26.7 Å². The highest BCUT2D eigenvalue weighted by atomic mass is 32.2. The fraction of sp³-hybridized carbons (Fsp3) is 0.615. The van der Waals surface area contributed by atoms with Crippen LogP contribution in [0.2, 0.25) is 0 Å². The number of likely N-dealkylation sites (N-methyl/N-ethyl adjacent to an activating group) is 2. The number of hydrogen-bond acceptors (Lipinski definition) is 4. The molecule has 1 aromatic heterocycles. The van der Waals surface area contributed by atoms with Gasteiger partial charge in [-0.3, -0.25) is 9.69 Å². The molecule has 20 heavy (non-hydrogen) atoms. The zero-order valence-electron chi connectivity index (χ0n) is 11.9. The van der Waals surface area contributed by atoms with E-state index in [2.05, 4.69) is 16.8 Å². The summed E-state index contributed by atoms with van der Waals surface area (Å²) in [6.45, 7) is 4.44. The minimum atomic E-state index is -3.73. The van der Waals surface area contributed by atoms with Gasteiger partial charge in [-0.15, -0.1) is 0 Å². The van der Waals surface area contributed by atoms with Gasteiger partial charge in [0.05, 0.1) is 0 Å². The standard InChI is InChI=1S/C13H21N3O3S/c1-3-16-8-4-5-11(16)10-15(2)20(18,19)13-9-14-7-6-12(13)17/h6-7,9,11H,3-5,8,10H2,1-2H3,(H,14,17). The molecule has 1 unspecified atom stereocenters. The number of hydrogen-bond donors (Lipinski definition) is 1. The molecule has 0 spiro atoms. The zero-order valence-corrected chi connectivity index (χ0v) is 12.7. The van der Waals surface area contributed by atoms with E-state index in [0.29, 0.717) is 6.54 Å². The molecular formula is C13H21N3O3S. The van der Waals surface area contributed by atoms with Crippen molar-refractivity contribution in [1.82, 2.24) is 14.2 Å². The summed E-state index contributed by atoms with van der Waals surface area (Å²) in [5.74, 6) is 0. The van der Waals surface area contributed by atoms with Gasteiger partial charge < -0.3 is 4.98 Å². The Bertz CT molecular complexity index is 611. The van der Waals surface area contributed by atoms with Gasteiger partial charge in [-0.2, -0.15) is 4.31 Å². The summed E-state index contributed by atoms with van der Waals surface area (Å²) in [5, 5.41) is 0. The molecule has 1 aromatic rings. The lowest BCUT2D eigenvalue weighted by Gasteiger charge is -2.27. The molecule has 0 aliphatic carbocycles. The van der Waals surface area contributed by atoms with E-state index in [4.69, 9.17) is 0 Å². The van der Waals surface area contributed by atoms with E-state index in [1.54, 1.807) is 0 Å². The largest absolute Gasteiger partial charge is 0.366 e. The molecule has 1 N–H and O–H groups in total. The first-order valence-corrected chi connectivity index (χ1v) is 8.28. The Morgan fingerprint density at radius 1 is 1.50 bits per heavy atom. The van der Waals surface area contributed by atoms with Crippen molar-refractivity contribution in [3.05, 3.63) is 28.7 Å². The molecule has 1 saturated heterocycles. The first-order valence-electron chi connectivity index (χ1n) is 6.84. The highest BCUT2D eigenvalue weighted by Crippen LogP contribution is 2.19. The molecule has 1 atom stereocenters. The van der Waals surface area contributed by atoms with Crippen molar-refractivity contribution >= 4 is 10.0 Å². The molecule has 7 heteroatoms. The van der Waals surface area contributed by atoms with Crippen molar-refractivity contribution in [2.24, 2.45) is 0 Å². The van der Waals surface area contributed by atoms with E-state index in [1.165, 1.54) is 29.8 Å². The molecule has 0 bridgehead atoms. The van der Waals surface area contributed by atoms with Crippen LogP contribution >= 0.6 is 0 Å². The number of aromatic nitrogens is 1. The molecule has 112 valence electrons. The van der Waals surface area contributed by atoms with Crippen LogP contribution in [0.1, 0.15) is 19.8 Å². The predicted octanol–water partition coefficient (Wildman–Crippen LogP) is 0.480. The number of nitrogens with one attached hydrogen (secondary N) is 1. The van der Waals surface area contributed by atoms with Crippen LogP contribution < -0.4 is 5.43 Å². The van der Waals surface area contributed by atoms with E-state index in [9.17, 15) is 13.2 Å². The van der Waals surface area contributed by atoms with Gasteiger partial charge in [0.2, 0.25) is 15.5 Å². The van der Waals surface area contributed by atoms with Gasteiger partial charge in [-0.25, -0.2) is 8.42 Å². The van der Waals surface area contributed by atoms with Crippen molar-refractivity contribution in [3.8, 4) is 0 Å². The first kappa shape index (κ1) is 15.2. The molecule has 2 heterocycles. The Hall–Kier alpha value is -1.18. The molecule has 6 nitrogen and oxygen atoms in total. The van der Waals surface area contributed by atoms with Crippen LogP contribution in [0.25, 0.3) is 0 Å². The third kappa shape index (κ3) is 2.94. The van der Waals surface area contributed by atoms with E-state index >= 15 is 0 Å². The zero-order chi connectivity index (χ0) is 14.8. The smallest absolute Gasteiger partial charge is 0.248 e. The summed E-state index contributed by atoms with van der Waals surface area (Å²) in [4.78, 5) is 16.4. The highest BCUT2D eigenvalue weighted by molar-refractivity contribution is 7.89. The third-order valence-corrected chi connectivity index (χ3v) is 5.69. The maximum absolute atomic E-state index is 12.4. The van der Waals surface area contributed by atoms with Gasteiger partial charge in [0.25, 0.3) is 0 Å². The fourth-order valence-electron chi connectivity index (χ4n) is 2.68. The second-order valence-corrected chi connectivity index (χ2v) is 7.10. The number of sulfonamides is 1. The second kappa shape index (κ2) is 6.07. The molecule has 0 radical (unpaired) electrons. The van der Waals surface area contributed by atoms with Crippen LogP contribution in [0.15, 0.2) is 28.2 Å². The number of rotatable bonds is 5. The van der Waals surface area contributed by atoms with E-state index in [1.807, 2.05) is 0 Å². The Kier molecular flexibility index (Phi) is 4.62. The van der Waals surface area contributed by atoms with Gasteiger partial charge in [0.15, 0.2) is 0 Å². The summed E-state index contributed by atoms with van der Waals surface area (Å²) >= 11 is 0. The van der Waals surface area contributed by atoms with Gasteiger partial charge in [-0.05, 0) is 25.9 Å². The van der Waals surface area contributed by atoms with Crippen molar-refractivity contribution in [2.45, 2.75) is 30.7 Å². The fourth-order valence-corrected chi connectivity index (χ4v) is 3.93. The second-order valence-electron chi connectivity index (χ2n) is 5.08. The van der Waals surface area contributed by atoms with Crippen LogP contribution in [0.3, 0.4) is 0 Å². The van der Waals surface area contributed by atoms with Gasteiger partial charge in [-0.1, -0.05) is 6.92 Å². The molecule has 0 saturated carbocycles. The molecular weight excluding hydrogens is 278 g/mol. The monoisotopic (exact) mass is 299 g/mol. The summed E-state index contributed by atoms with van der Waals surface area (Å²) < 4.78 is 26.1. The number of likely N-dealkylation sites (tertiary alicyclic amines) is 1. The van der Waals surface area contributed by atoms with Crippen LogP contribution in [0.4, 0.5) is 0 Å². The minimum Gasteiger partial charge on any atom is -0.366 e. The van der Waals surface area contributed by atoms with Crippen LogP contribution in [0, 0.1) is 0 Å². The number of aromatic amines is 1. The SMILES string of the molecule is CCN1CCCC1CN(C)S(=O)(=O)c1c[nH]ccc1=O. The lowest BCUT2D eigenvalue weighted by atomic mass is 10.2. The predicted molar refractivity (Wildman–Crippen MR) is 77.1 cm³/mol. The molecule has 1 aliphatic rings. The summed E-state index contributed by atoms with van der Waals surface area (Å²) in [6.07, 6.45) is 4.77. The number of pyridine rings is 1. The summed E-state index contributed by atoms with van der Waals surface area (Å²) in [5.41, 5.74) is -0.477. The average molecular weight is 299 g/mol. The van der Waals surface area contributed by atoms with Crippen molar-refractivity contribution in [3.63, 3.8) is 0 Å². The van der Waals surface area contributed by atoms with Crippen molar-refractivity contribution in [1.29, 1.82) is 0 Å². The van der Waals surface area contributed by atoms with Gasteiger partial charge in [0, 0.05) is 38.1 Å². The van der Waals surface area contributed by atoms with Crippen LogP contribution in [0.5, 0.6) is 0 Å². The van der Waals surface area contributed by atoms with E-state index in [-0.39, 0.29) is 10.9 Å².